The normalized spacial score (nSPS) is 12.5. The first-order chi connectivity index (χ1) is 12.0. The summed E-state index contributed by atoms with van der Waals surface area (Å²) in [7, 11) is 0. The van der Waals surface area contributed by atoms with Crippen LogP contribution in [0.1, 0.15) is 11.8 Å². The lowest BCUT2D eigenvalue weighted by Gasteiger charge is -2.06. The van der Waals surface area contributed by atoms with Crippen molar-refractivity contribution in [3.05, 3.63) is 51.4 Å². The highest BCUT2D eigenvalue weighted by Crippen LogP contribution is 2.31. The maximum Gasteiger partial charge on any atom is 0.324 e. The van der Waals surface area contributed by atoms with Crippen molar-refractivity contribution < 1.29 is 9.72 Å². The molecule has 1 amide bonds. The van der Waals surface area contributed by atoms with Gasteiger partial charge in [0, 0.05) is 6.07 Å². The lowest BCUT2D eigenvalue weighted by molar-refractivity contribution is -0.380. The molecule has 1 atom stereocenters. The van der Waals surface area contributed by atoms with Crippen molar-refractivity contribution in [2.75, 3.05) is 0 Å². The van der Waals surface area contributed by atoms with Crippen LogP contribution in [0.15, 0.2) is 45.8 Å². The summed E-state index contributed by atoms with van der Waals surface area (Å²) in [5, 5.41) is 14.1. The number of aromatic nitrogens is 1. The summed E-state index contributed by atoms with van der Waals surface area (Å²) in [6.45, 7) is 1.78. The van der Waals surface area contributed by atoms with Crippen molar-refractivity contribution in [1.29, 1.82) is 0 Å². The Hall–Kier alpha value is -2.30. The molecule has 128 valence electrons. The molecule has 0 spiro atoms. The fraction of sp³-hybridized carbons (Fsp3) is 0.133. The van der Waals surface area contributed by atoms with E-state index < -0.39 is 4.92 Å². The van der Waals surface area contributed by atoms with Crippen LogP contribution in [0.5, 0.6) is 0 Å². The average Bonchev–Trinajstić information content (AvgIpc) is 3.20. The third kappa shape index (κ3) is 4.41. The number of thioether (sulfide) groups is 1. The van der Waals surface area contributed by atoms with Gasteiger partial charge >= 0.3 is 5.00 Å². The number of hydrogen-bond acceptors (Lipinski definition) is 8. The van der Waals surface area contributed by atoms with E-state index in [1.165, 1.54) is 24.0 Å². The first-order valence-electron chi connectivity index (χ1n) is 7.12. The average molecular weight is 392 g/mol. The van der Waals surface area contributed by atoms with E-state index in [9.17, 15) is 14.9 Å². The van der Waals surface area contributed by atoms with Crippen molar-refractivity contribution in [2.24, 2.45) is 5.10 Å². The van der Waals surface area contributed by atoms with Gasteiger partial charge in [-0.15, -0.1) is 11.3 Å². The highest BCUT2D eigenvalue weighted by atomic mass is 32.2. The Kier molecular flexibility index (Phi) is 5.41. The first kappa shape index (κ1) is 17.5. The number of fused-ring (bicyclic) bond motifs is 1. The fourth-order valence-electron chi connectivity index (χ4n) is 1.87. The zero-order valence-electron chi connectivity index (χ0n) is 12.9. The van der Waals surface area contributed by atoms with Crippen LogP contribution in [0.4, 0.5) is 5.00 Å². The van der Waals surface area contributed by atoms with Crippen LogP contribution in [-0.4, -0.2) is 27.3 Å². The summed E-state index contributed by atoms with van der Waals surface area (Å²) < 4.78 is 1.90. The Bertz CT molecular complexity index is 917. The number of amides is 1. The SMILES string of the molecule is C[C@@H](Sc1nc2ccccc2s1)C(=O)N/N=C\c1ccc([N+](=O)[O-])s1. The quantitative estimate of drug-likeness (QED) is 0.297. The topological polar surface area (TPSA) is 97.5 Å². The van der Waals surface area contributed by atoms with E-state index in [2.05, 4.69) is 15.5 Å². The van der Waals surface area contributed by atoms with Crippen molar-refractivity contribution in [3.63, 3.8) is 0 Å². The fourth-order valence-corrected chi connectivity index (χ4v) is 4.76. The summed E-state index contributed by atoms with van der Waals surface area (Å²) in [5.41, 5.74) is 3.36. The Labute approximate surface area is 154 Å². The number of hydrazone groups is 1. The molecule has 0 bridgehead atoms. The number of hydrogen-bond donors (Lipinski definition) is 1. The second-order valence-electron chi connectivity index (χ2n) is 4.87. The second kappa shape index (κ2) is 7.72. The third-order valence-electron chi connectivity index (χ3n) is 3.08. The molecular weight excluding hydrogens is 380 g/mol. The molecule has 2 heterocycles. The van der Waals surface area contributed by atoms with E-state index in [1.807, 2.05) is 24.3 Å². The van der Waals surface area contributed by atoms with E-state index in [0.717, 1.165) is 25.9 Å². The summed E-state index contributed by atoms with van der Waals surface area (Å²) in [4.78, 5) is 27.3. The minimum absolute atomic E-state index is 0.0348. The molecule has 10 heteroatoms. The number of nitro groups is 1. The molecule has 3 aromatic rings. The van der Waals surface area contributed by atoms with Gasteiger partial charge in [-0.3, -0.25) is 14.9 Å². The number of carbonyl (C=O) groups is 1. The molecule has 0 aliphatic rings. The number of nitrogens with zero attached hydrogens (tertiary/aromatic N) is 3. The van der Waals surface area contributed by atoms with Gasteiger partial charge in [0.05, 0.1) is 31.5 Å². The molecule has 0 aliphatic carbocycles. The highest BCUT2D eigenvalue weighted by molar-refractivity contribution is 8.02. The van der Waals surface area contributed by atoms with Crippen LogP contribution in [-0.2, 0) is 4.79 Å². The number of thiophene rings is 1. The maximum absolute atomic E-state index is 12.1. The lowest BCUT2D eigenvalue weighted by atomic mass is 10.3. The predicted octanol–water partition coefficient (Wildman–Crippen LogP) is 3.90. The van der Waals surface area contributed by atoms with Gasteiger partial charge in [0.2, 0.25) is 0 Å². The van der Waals surface area contributed by atoms with E-state index in [-0.39, 0.29) is 16.2 Å². The molecular formula is C15H12N4O3S3. The second-order valence-corrected chi connectivity index (χ2v) is 8.59. The molecule has 0 radical (unpaired) electrons. The Balaban J connectivity index is 1.56. The van der Waals surface area contributed by atoms with Crippen molar-refractivity contribution in [3.8, 4) is 0 Å². The minimum atomic E-state index is -0.461. The molecule has 25 heavy (non-hydrogen) atoms. The van der Waals surface area contributed by atoms with Crippen LogP contribution in [0, 0.1) is 10.1 Å². The number of carbonyl (C=O) groups excluding carboxylic acids is 1. The molecule has 2 aromatic heterocycles. The van der Waals surface area contributed by atoms with Gasteiger partial charge in [-0.1, -0.05) is 35.2 Å². The Morgan fingerprint density at radius 2 is 2.16 bits per heavy atom. The molecule has 0 aliphatic heterocycles. The van der Waals surface area contributed by atoms with Gasteiger partial charge in [-0.05, 0) is 25.1 Å². The standard InChI is InChI=1S/C15H12N4O3S3/c1-9(23-15-17-11-4-2-3-5-12(11)25-15)14(20)18-16-8-10-6-7-13(24-10)19(21)22/h2-9H,1H3,(H,18,20)/b16-8-/t9-/m1/s1. The summed E-state index contributed by atoms with van der Waals surface area (Å²) in [6.07, 6.45) is 1.39. The predicted molar refractivity (Wildman–Crippen MR) is 102 cm³/mol. The van der Waals surface area contributed by atoms with Crippen LogP contribution < -0.4 is 5.43 Å². The monoisotopic (exact) mass is 392 g/mol. The number of benzene rings is 1. The van der Waals surface area contributed by atoms with Gasteiger partial charge in [0.1, 0.15) is 0 Å². The third-order valence-corrected chi connectivity index (χ3v) is 6.28. The summed E-state index contributed by atoms with van der Waals surface area (Å²) >= 11 is 3.90. The van der Waals surface area contributed by atoms with Crippen molar-refractivity contribution >= 4 is 61.8 Å². The number of nitrogens with one attached hydrogen (secondary N) is 1. The van der Waals surface area contributed by atoms with E-state index in [1.54, 1.807) is 24.3 Å². The van der Waals surface area contributed by atoms with E-state index >= 15 is 0 Å². The van der Waals surface area contributed by atoms with E-state index in [4.69, 9.17) is 0 Å². The van der Waals surface area contributed by atoms with Gasteiger partial charge in [-0.2, -0.15) is 5.10 Å². The lowest BCUT2D eigenvalue weighted by Crippen LogP contribution is -2.26. The van der Waals surface area contributed by atoms with Gasteiger partial charge in [0.25, 0.3) is 5.91 Å². The zero-order chi connectivity index (χ0) is 17.8. The number of para-hydroxylation sites is 1. The van der Waals surface area contributed by atoms with Crippen molar-refractivity contribution in [1.82, 2.24) is 10.4 Å². The summed E-state index contributed by atoms with van der Waals surface area (Å²) in [6, 6.07) is 10.8. The highest BCUT2D eigenvalue weighted by Gasteiger charge is 2.16. The summed E-state index contributed by atoms with van der Waals surface area (Å²) in [5.74, 6) is -0.258. The molecule has 1 aromatic carbocycles. The molecule has 3 rings (SSSR count). The zero-order valence-corrected chi connectivity index (χ0v) is 15.4. The van der Waals surface area contributed by atoms with E-state index in [0.29, 0.717) is 4.88 Å². The van der Waals surface area contributed by atoms with Gasteiger partial charge in [-0.25, -0.2) is 10.4 Å². The molecule has 7 nitrogen and oxygen atoms in total. The van der Waals surface area contributed by atoms with Crippen LogP contribution in [0.2, 0.25) is 0 Å². The molecule has 0 saturated carbocycles. The van der Waals surface area contributed by atoms with Gasteiger partial charge in [0.15, 0.2) is 4.34 Å². The molecule has 0 unspecified atom stereocenters. The Morgan fingerprint density at radius 3 is 2.88 bits per heavy atom. The van der Waals surface area contributed by atoms with Crippen LogP contribution in [0.3, 0.4) is 0 Å². The molecule has 0 fully saturated rings. The number of thiazole rings is 1. The minimum Gasteiger partial charge on any atom is -0.272 e. The number of rotatable bonds is 6. The molecule has 1 N–H and O–H groups in total. The smallest absolute Gasteiger partial charge is 0.272 e. The Morgan fingerprint density at radius 1 is 1.36 bits per heavy atom. The van der Waals surface area contributed by atoms with Crippen LogP contribution >= 0.6 is 34.4 Å². The maximum atomic E-state index is 12.1. The molecule has 0 saturated heterocycles. The van der Waals surface area contributed by atoms with Crippen molar-refractivity contribution in [2.45, 2.75) is 16.5 Å². The first-order valence-corrected chi connectivity index (χ1v) is 9.63. The van der Waals surface area contributed by atoms with Crippen LogP contribution in [0.25, 0.3) is 10.2 Å². The van der Waals surface area contributed by atoms with Gasteiger partial charge < -0.3 is 0 Å². The largest absolute Gasteiger partial charge is 0.324 e.